The zero-order chi connectivity index (χ0) is 20.2. The van der Waals surface area contributed by atoms with E-state index in [0.717, 1.165) is 30.8 Å². The molecule has 0 spiro atoms. The van der Waals surface area contributed by atoms with Crippen LogP contribution in [0.4, 0.5) is 16.2 Å². The number of hydrogen-bond donors (Lipinski definition) is 2. The molecule has 0 saturated heterocycles. The standard InChI is InChI=1S/C21H23FN6O/c1-13-11-24-21(28-27-13)26-16-8-7-15(10-16)25-19-9-6-14(12-23-19)20-17(22)4-3-5-18(20)29-2/h3-6,9,11-12,15-16H,7-8,10H2,1-2H3,(H,23,25)(H,24,26,28)/t15-,16-/m0/s1. The van der Waals surface area contributed by atoms with E-state index in [1.807, 2.05) is 19.1 Å². The average Bonchev–Trinajstić information content (AvgIpc) is 3.17. The SMILES string of the molecule is COc1cccc(F)c1-c1ccc(N[C@H]2CC[C@H](Nc3ncc(C)nn3)C2)nc1. The maximum absolute atomic E-state index is 14.2. The Morgan fingerprint density at radius 2 is 1.83 bits per heavy atom. The molecule has 2 heterocycles. The Hall–Kier alpha value is -3.29. The van der Waals surface area contributed by atoms with Crippen LogP contribution < -0.4 is 15.4 Å². The van der Waals surface area contributed by atoms with E-state index in [4.69, 9.17) is 4.74 Å². The molecule has 0 aliphatic heterocycles. The van der Waals surface area contributed by atoms with Gasteiger partial charge in [0.15, 0.2) is 0 Å². The molecule has 2 atom stereocenters. The first kappa shape index (κ1) is 19.0. The summed E-state index contributed by atoms with van der Waals surface area (Å²) in [6.07, 6.45) is 6.33. The highest BCUT2D eigenvalue weighted by atomic mass is 19.1. The van der Waals surface area contributed by atoms with Gasteiger partial charge in [0.05, 0.1) is 24.6 Å². The lowest BCUT2D eigenvalue weighted by Crippen LogP contribution is -2.22. The van der Waals surface area contributed by atoms with Gasteiger partial charge in [0.2, 0.25) is 5.95 Å². The third-order valence-corrected chi connectivity index (χ3v) is 5.04. The van der Waals surface area contributed by atoms with Crippen molar-refractivity contribution in [3.8, 4) is 16.9 Å². The van der Waals surface area contributed by atoms with Gasteiger partial charge < -0.3 is 15.4 Å². The molecule has 1 aliphatic rings. The highest BCUT2D eigenvalue weighted by Crippen LogP contribution is 2.32. The zero-order valence-electron chi connectivity index (χ0n) is 16.4. The van der Waals surface area contributed by atoms with Crippen molar-refractivity contribution in [2.75, 3.05) is 17.7 Å². The van der Waals surface area contributed by atoms with E-state index in [0.29, 0.717) is 34.9 Å². The molecule has 1 aromatic carbocycles. The third-order valence-electron chi connectivity index (χ3n) is 5.04. The summed E-state index contributed by atoms with van der Waals surface area (Å²) in [4.78, 5) is 8.72. The first-order valence-electron chi connectivity index (χ1n) is 9.60. The number of methoxy groups -OCH3 is 1. The predicted molar refractivity (Wildman–Crippen MR) is 109 cm³/mol. The molecular weight excluding hydrogens is 371 g/mol. The molecule has 4 rings (SSSR count). The van der Waals surface area contributed by atoms with Crippen molar-refractivity contribution in [3.05, 3.63) is 54.2 Å². The van der Waals surface area contributed by atoms with Crippen LogP contribution in [-0.4, -0.2) is 39.4 Å². The van der Waals surface area contributed by atoms with Crippen LogP contribution in [0.3, 0.4) is 0 Å². The number of nitrogens with zero attached hydrogens (tertiary/aromatic N) is 4. The summed E-state index contributed by atoms with van der Waals surface area (Å²) >= 11 is 0. The summed E-state index contributed by atoms with van der Waals surface area (Å²) in [7, 11) is 1.53. The monoisotopic (exact) mass is 394 g/mol. The molecule has 0 amide bonds. The minimum absolute atomic E-state index is 0.291. The van der Waals surface area contributed by atoms with Crippen molar-refractivity contribution < 1.29 is 9.13 Å². The lowest BCUT2D eigenvalue weighted by atomic mass is 10.1. The van der Waals surface area contributed by atoms with Crippen LogP contribution in [0.15, 0.2) is 42.7 Å². The Balaban J connectivity index is 1.38. The van der Waals surface area contributed by atoms with E-state index in [2.05, 4.69) is 30.8 Å². The van der Waals surface area contributed by atoms with Crippen molar-refractivity contribution in [2.24, 2.45) is 0 Å². The van der Waals surface area contributed by atoms with E-state index in [1.54, 1.807) is 24.5 Å². The number of nitrogens with one attached hydrogen (secondary N) is 2. The molecule has 1 aliphatic carbocycles. The van der Waals surface area contributed by atoms with Crippen molar-refractivity contribution in [3.63, 3.8) is 0 Å². The van der Waals surface area contributed by atoms with E-state index in [-0.39, 0.29) is 5.82 Å². The van der Waals surface area contributed by atoms with Crippen LogP contribution in [0.5, 0.6) is 5.75 Å². The van der Waals surface area contributed by atoms with Crippen LogP contribution in [0, 0.1) is 12.7 Å². The minimum Gasteiger partial charge on any atom is -0.496 e. The Labute approximate surface area is 168 Å². The summed E-state index contributed by atoms with van der Waals surface area (Å²) < 4.78 is 19.5. The number of hydrogen-bond acceptors (Lipinski definition) is 7. The fourth-order valence-electron chi connectivity index (χ4n) is 3.62. The average molecular weight is 394 g/mol. The van der Waals surface area contributed by atoms with Gasteiger partial charge in [0, 0.05) is 23.8 Å². The van der Waals surface area contributed by atoms with E-state index in [9.17, 15) is 4.39 Å². The normalized spacial score (nSPS) is 18.4. The summed E-state index contributed by atoms with van der Waals surface area (Å²) in [5.41, 5.74) is 1.90. The third kappa shape index (κ3) is 4.42. The number of halogens is 1. The quantitative estimate of drug-likeness (QED) is 0.657. The Kier molecular flexibility index (Phi) is 5.50. The van der Waals surface area contributed by atoms with E-state index in [1.165, 1.54) is 13.2 Å². The smallest absolute Gasteiger partial charge is 0.242 e. The molecule has 0 unspecified atom stereocenters. The molecule has 1 saturated carbocycles. The molecule has 2 aromatic heterocycles. The summed E-state index contributed by atoms with van der Waals surface area (Å²) in [5, 5.41) is 14.9. The van der Waals surface area contributed by atoms with Crippen LogP contribution in [0.1, 0.15) is 25.0 Å². The van der Waals surface area contributed by atoms with Gasteiger partial charge in [-0.25, -0.2) is 14.4 Å². The highest BCUT2D eigenvalue weighted by Gasteiger charge is 2.25. The second-order valence-electron chi connectivity index (χ2n) is 7.17. The number of ether oxygens (including phenoxy) is 1. The van der Waals surface area contributed by atoms with Crippen LogP contribution in [0.25, 0.3) is 11.1 Å². The Morgan fingerprint density at radius 3 is 2.52 bits per heavy atom. The number of benzene rings is 1. The molecule has 3 aromatic rings. The lowest BCUT2D eigenvalue weighted by Gasteiger charge is -2.15. The minimum atomic E-state index is -0.329. The van der Waals surface area contributed by atoms with Gasteiger partial charge in [-0.2, -0.15) is 5.10 Å². The summed E-state index contributed by atoms with van der Waals surface area (Å²) in [6, 6.07) is 9.10. The van der Waals surface area contributed by atoms with Crippen molar-refractivity contribution in [1.29, 1.82) is 0 Å². The summed E-state index contributed by atoms with van der Waals surface area (Å²) in [6.45, 7) is 1.86. The summed E-state index contributed by atoms with van der Waals surface area (Å²) in [5.74, 6) is 1.49. The van der Waals surface area contributed by atoms with Gasteiger partial charge >= 0.3 is 0 Å². The molecule has 150 valence electrons. The predicted octanol–water partition coefficient (Wildman–Crippen LogP) is 3.83. The van der Waals surface area contributed by atoms with Gasteiger partial charge in [-0.1, -0.05) is 6.07 Å². The molecule has 8 heteroatoms. The first-order valence-corrected chi connectivity index (χ1v) is 9.60. The van der Waals surface area contributed by atoms with Crippen molar-refractivity contribution >= 4 is 11.8 Å². The fraction of sp³-hybridized carbons (Fsp3) is 0.333. The van der Waals surface area contributed by atoms with Crippen LogP contribution in [0.2, 0.25) is 0 Å². The number of rotatable bonds is 6. The van der Waals surface area contributed by atoms with E-state index < -0.39 is 0 Å². The van der Waals surface area contributed by atoms with Crippen LogP contribution in [-0.2, 0) is 0 Å². The molecule has 0 bridgehead atoms. The van der Waals surface area contributed by atoms with Gasteiger partial charge in [-0.05, 0) is 50.5 Å². The number of pyridine rings is 1. The highest BCUT2D eigenvalue weighted by molar-refractivity contribution is 5.71. The Morgan fingerprint density at radius 1 is 1.00 bits per heavy atom. The maximum atomic E-state index is 14.2. The second kappa shape index (κ2) is 8.38. The Bertz CT molecular complexity index is 964. The lowest BCUT2D eigenvalue weighted by molar-refractivity contribution is 0.413. The second-order valence-corrected chi connectivity index (χ2v) is 7.17. The number of aromatic nitrogens is 4. The van der Waals surface area contributed by atoms with Gasteiger partial charge in [-0.3, -0.25) is 0 Å². The van der Waals surface area contributed by atoms with Gasteiger partial charge in [0.1, 0.15) is 17.4 Å². The fourth-order valence-corrected chi connectivity index (χ4v) is 3.62. The van der Waals surface area contributed by atoms with Crippen molar-refractivity contribution in [2.45, 2.75) is 38.3 Å². The number of anilines is 2. The molecule has 1 fully saturated rings. The first-order chi connectivity index (χ1) is 14.1. The largest absolute Gasteiger partial charge is 0.496 e. The molecule has 7 nitrogen and oxygen atoms in total. The molecule has 29 heavy (non-hydrogen) atoms. The molecule has 0 radical (unpaired) electrons. The number of aryl methyl sites for hydroxylation is 1. The van der Waals surface area contributed by atoms with Gasteiger partial charge in [-0.15, -0.1) is 5.10 Å². The topological polar surface area (TPSA) is 84.9 Å². The molecular formula is C21H23FN6O. The maximum Gasteiger partial charge on any atom is 0.242 e. The van der Waals surface area contributed by atoms with Crippen molar-refractivity contribution in [1.82, 2.24) is 20.2 Å². The van der Waals surface area contributed by atoms with Gasteiger partial charge in [0.25, 0.3) is 0 Å². The molecule has 2 N–H and O–H groups in total. The zero-order valence-corrected chi connectivity index (χ0v) is 16.4. The van der Waals surface area contributed by atoms with Crippen LogP contribution >= 0.6 is 0 Å². The van der Waals surface area contributed by atoms with E-state index >= 15 is 0 Å².